The van der Waals surface area contributed by atoms with Crippen LogP contribution in [-0.4, -0.2) is 11.1 Å². The van der Waals surface area contributed by atoms with E-state index in [0.717, 1.165) is 6.42 Å². The van der Waals surface area contributed by atoms with Gasteiger partial charge in [0.05, 0.1) is 0 Å². The van der Waals surface area contributed by atoms with Gasteiger partial charge >= 0.3 is 5.97 Å². The lowest BCUT2D eigenvalue weighted by molar-refractivity contribution is -0.132. The molecule has 0 spiro atoms. The molecule has 0 aromatic heterocycles. The molecule has 0 heterocycles. The first kappa shape index (κ1) is 14.2. The highest BCUT2D eigenvalue weighted by Gasteiger charge is 2.12. The highest BCUT2D eigenvalue weighted by atomic mass is 16.4. The summed E-state index contributed by atoms with van der Waals surface area (Å²) in [6.07, 6.45) is 5.17. The molecule has 15 heavy (non-hydrogen) atoms. The van der Waals surface area contributed by atoms with Crippen molar-refractivity contribution in [1.29, 1.82) is 0 Å². The Labute approximate surface area is 93.4 Å². The molecule has 1 N–H and O–H groups in total. The van der Waals surface area contributed by atoms with E-state index in [1.54, 1.807) is 0 Å². The second kappa shape index (κ2) is 7.49. The van der Waals surface area contributed by atoms with Crippen LogP contribution < -0.4 is 0 Å². The Hall–Kier alpha value is -0.790. The summed E-state index contributed by atoms with van der Waals surface area (Å²) in [5.41, 5.74) is 0.347. The fraction of sp³-hybridized carbons (Fsp3) is 0.769. The first-order valence-electron chi connectivity index (χ1n) is 5.88. The molecule has 0 aromatic carbocycles. The van der Waals surface area contributed by atoms with Crippen LogP contribution in [0.1, 0.15) is 52.9 Å². The van der Waals surface area contributed by atoms with Crippen LogP contribution in [0.4, 0.5) is 0 Å². The van der Waals surface area contributed by atoms with Crippen LogP contribution in [0.5, 0.6) is 0 Å². The van der Waals surface area contributed by atoms with Gasteiger partial charge in [0, 0.05) is 5.57 Å². The van der Waals surface area contributed by atoms with Gasteiger partial charge in [0.2, 0.25) is 0 Å². The molecule has 2 nitrogen and oxygen atoms in total. The van der Waals surface area contributed by atoms with Gasteiger partial charge in [-0.15, -0.1) is 0 Å². The lowest BCUT2D eigenvalue weighted by atomic mass is 9.88. The lowest BCUT2D eigenvalue weighted by Gasteiger charge is -2.18. The van der Waals surface area contributed by atoms with Gasteiger partial charge in [0.1, 0.15) is 0 Å². The van der Waals surface area contributed by atoms with Crippen LogP contribution in [0.2, 0.25) is 0 Å². The van der Waals surface area contributed by atoms with E-state index in [4.69, 9.17) is 5.11 Å². The predicted octanol–water partition coefficient (Wildman–Crippen LogP) is 3.87. The highest BCUT2D eigenvalue weighted by Crippen LogP contribution is 2.23. The molecule has 0 aliphatic carbocycles. The van der Waals surface area contributed by atoms with E-state index >= 15 is 0 Å². The molecule has 1 unspecified atom stereocenters. The van der Waals surface area contributed by atoms with E-state index in [0.29, 0.717) is 23.8 Å². The average Bonchev–Trinajstić information content (AvgIpc) is 2.13. The zero-order chi connectivity index (χ0) is 11.8. The van der Waals surface area contributed by atoms with Crippen LogP contribution in [-0.2, 0) is 4.79 Å². The minimum absolute atomic E-state index is 0.347. The number of aliphatic carboxylic acids is 1. The van der Waals surface area contributed by atoms with Crippen LogP contribution >= 0.6 is 0 Å². The third-order valence-corrected chi connectivity index (χ3v) is 2.66. The number of rotatable bonds is 8. The fourth-order valence-electron chi connectivity index (χ4n) is 1.94. The number of carbonyl (C=O) groups is 1. The van der Waals surface area contributed by atoms with Gasteiger partial charge < -0.3 is 5.11 Å². The van der Waals surface area contributed by atoms with Gasteiger partial charge in [0.15, 0.2) is 0 Å². The molecule has 0 fully saturated rings. The van der Waals surface area contributed by atoms with Crippen molar-refractivity contribution < 1.29 is 9.90 Å². The molecule has 0 aromatic rings. The predicted molar refractivity (Wildman–Crippen MR) is 63.9 cm³/mol. The SMILES string of the molecule is C=C(CCC(CCC)CC(C)C)C(=O)O. The summed E-state index contributed by atoms with van der Waals surface area (Å²) < 4.78 is 0. The standard InChI is InChI=1S/C13H24O2/c1-5-6-12(9-10(2)3)8-7-11(4)13(14)15/h10,12H,4-9H2,1-3H3,(H,14,15). The minimum atomic E-state index is -0.852. The molecule has 2 heteroatoms. The second-order valence-electron chi connectivity index (χ2n) is 4.73. The molecule has 0 rings (SSSR count). The Bertz CT molecular complexity index is 207. The van der Waals surface area contributed by atoms with E-state index in [2.05, 4.69) is 27.4 Å². The Kier molecular flexibility index (Phi) is 7.10. The summed E-state index contributed by atoms with van der Waals surface area (Å²) in [4.78, 5) is 10.6. The number of carboxylic acids is 1. The zero-order valence-electron chi connectivity index (χ0n) is 10.3. The number of carboxylic acid groups (broad SMARTS) is 1. The van der Waals surface area contributed by atoms with Gasteiger partial charge in [-0.3, -0.25) is 0 Å². The van der Waals surface area contributed by atoms with Gasteiger partial charge in [-0.2, -0.15) is 0 Å². The molecule has 0 aliphatic heterocycles. The smallest absolute Gasteiger partial charge is 0.330 e. The van der Waals surface area contributed by atoms with Gasteiger partial charge in [0.25, 0.3) is 0 Å². The molecule has 0 saturated heterocycles. The van der Waals surface area contributed by atoms with Gasteiger partial charge in [-0.05, 0) is 31.1 Å². The molecule has 0 amide bonds. The fourth-order valence-corrected chi connectivity index (χ4v) is 1.94. The summed E-state index contributed by atoms with van der Waals surface area (Å²) in [6, 6.07) is 0. The maximum atomic E-state index is 10.6. The monoisotopic (exact) mass is 212 g/mol. The minimum Gasteiger partial charge on any atom is -0.478 e. The van der Waals surface area contributed by atoms with Crippen LogP contribution in [0.25, 0.3) is 0 Å². The summed E-state index contributed by atoms with van der Waals surface area (Å²) >= 11 is 0. The second-order valence-corrected chi connectivity index (χ2v) is 4.73. The third kappa shape index (κ3) is 7.18. The zero-order valence-corrected chi connectivity index (χ0v) is 10.3. The van der Waals surface area contributed by atoms with Crippen LogP contribution in [0, 0.1) is 11.8 Å². The maximum Gasteiger partial charge on any atom is 0.330 e. The first-order chi connectivity index (χ1) is 6.97. The molecular weight excluding hydrogens is 188 g/mol. The van der Waals surface area contributed by atoms with Gasteiger partial charge in [-0.25, -0.2) is 4.79 Å². The summed E-state index contributed by atoms with van der Waals surface area (Å²) in [7, 11) is 0. The lowest BCUT2D eigenvalue weighted by Crippen LogP contribution is -2.07. The molecule has 1 atom stereocenters. The molecular formula is C13H24O2. The van der Waals surface area contributed by atoms with E-state index in [-0.39, 0.29) is 0 Å². The van der Waals surface area contributed by atoms with E-state index in [1.807, 2.05) is 0 Å². The Morgan fingerprint density at radius 3 is 2.33 bits per heavy atom. The van der Waals surface area contributed by atoms with Crippen molar-refractivity contribution in [2.24, 2.45) is 11.8 Å². The average molecular weight is 212 g/mol. The summed E-state index contributed by atoms with van der Waals surface area (Å²) in [5.74, 6) is 0.500. The van der Waals surface area contributed by atoms with Crippen molar-refractivity contribution >= 4 is 5.97 Å². The molecule has 88 valence electrons. The Morgan fingerprint density at radius 1 is 1.33 bits per heavy atom. The van der Waals surface area contributed by atoms with Crippen molar-refractivity contribution in [2.45, 2.75) is 52.9 Å². The van der Waals surface area contributed by atoms with Crippen molar-refractivity contribution in [3.63, 3.8) is 0 Å². The van der Waals surface area contributed by atoms with E-state index in [1.165, 1.54) is 19.3 Å². The van der Waals surface area contributed by atoms with E-state index in [9.17, 15) is 4.79 Å². The van der Waals surface area contributed by atoms with Crippen LogP contribution in [0.15, 0.2) is 12.2 Å². The Morgan fingerprint density at radius 2 is 1.93 bits per heavy atom. The maximum absolute atomic E-state index is 10.6. The quantitative estimate of drug-likeness (QED) is 0.620. The van der Waals surface area contributed by atoms with E-state index < -0.39 is 5.97 Å². The van der Waals surface area contributed by atoms with Crippen molar-refractivity contribution in [3.05, 3.63) is 12.2 Å². The normalized spacial score (nSPS) is 12.8. The highest BCUT2D eigenvalue weighted by molar-refractivity contribution is 5.85. The number of hydrogen-bond donors (Lipinski definition) is 1. The van der Waals surface area contributed by atoms with Gasteiger partial charge in [-0.1, -0.05) is 40.2 Å². The number of hydrogen-bond acceptors (Lipinski definition) is 1. The molecule has 0 bridgehead atoms. The summed E-state index contributed by atoms with van der Waals surface area (Å²) in [6.45, 7) is 10.2. The molecule has 0 radical (unpaired) electrons. The molecule has 0 aliphatic rings. The van der Waals surface area contributed by atoms with Crippen molar-refractivity contribution in [2.75, 3.05) is 0 Å². The largest absolute Gasteiger partial charge is 0.478 e. The van der Waals surface area contributed by atoms with Crippen molar-refractivity contribution in [3.8, 4) is 0 Å². The Balaban J connectivity index is 3.94. The topological polar surface area (TPSA) is 37.3 Å². The summed E-state index contributed by atoms with van der Waals surface area (Å²) in [5, 5.41) is 8.71. The first-order valence-corrected chi connectivity index (χ1v) is 5.88. The van der Waals surface area contributed by atoms with Crippen molar-refractivity contribution in [1.82, 2.24) is 0 Å². The third-order valence-electron chi connectivity index (χ3n) is 2.66. The molecule has 0 saturated carbocycles. The van der Waals surface area contributed by atoms with Crippen LogP contribution in [0.3, 0.4) is 0 Å².